The third kappa shape index (κ3) is 2.78. The van der Waals surface area contributed by atoms with Gasteiger partial charge in [-0.05, 0) is 18.6 Å². The topological polar surface area (TPSA) is 62.2 Å². The first kappa shape index (κ1) is 12.8. The summed E-state index contributed by atoms with van der Waals surface area (Å²) in [6, 6.07) is 8.94. The number of aliphatic hydroxyl groups excluding tert-OH is 1. The molecule has 94 valence electrons. The van der Waals surface area contributed by atoms with Gasteiger partial charge in [0.2, 0.25) is 0 Å². The van der Waals surface area contributed by atoms with Crippen LogP contribution in [0.3, 0.4) is 0 Å². The SMILES string of the molecule is O=C(NCCCO)c1cc(Cl)c2ccccc2n1. The lowest BCUT2D eigenvalue weighted by molar-refractivity contribution is 0.0946. The fourth-order valence-corrected chi connectivity index (χ4v) is 1.88. The highest BCUT2D eigenvalue weighted by Gasteiger charge is 2.10. The molecule has 0 fully saturated rings. The molecule has 2 N–H and O–H groups in total. The van der Waals surface area contributed by atoms with Crippen LogP contribution in [0.25, 0.3) is 10.9 Å². The Morgan fingerprint density at radius 3 is 2.94 bits per heavy atom. The number of nitrogens with one attached hydrogen (secondary N) is 1. The van der Waals surface area contributed by atoms with Crippen LogP contribution in [0.1, 0.15) is 16.9 Å². The van der Waals surface area contributed by atoms with Gasteiger partial charge in [0.25, 0.3) is 5.91 Å². The maximum absolute atomic E-state index is 11.8. The summed E-state index contributed by atoms with van der Waals surface area (Å²) in [4.78, 5) is 16.1. The van der Waals surface area contributed by atoms with E-state index in [0.29, 0.717) is 23.5 Å². The molecule has 0 atom stereocenters. The summed E-state index contributed by atoms with van der Waals surface area (Å²) in [6.45, 7) is 0.466. The smallest absolute Gasteiger partial charge is 0.269 e. The molecule has 4 nitrogen and oxygen atoms in total. The van der Waals surface area contributed by atoms with Crippen molar-refractivity contribution in [3.8, 4) is 0 Å². The number of halogens is 1. The Balaban J connectivity index is 2.26. The van der Waals surface area contributed by atoms with E-state index in [1.165, 1.54) is 0 Å². The Morgan fingerprint density at radius 2 is 2.17 bits per heavy atom. The minimum Gasteiger partial charge on any atom is -0.396 e. The zero-order valence-corrected chi connectivity index (χ0v) is 10.4. The van der Waals surface area contributed by atoms with Crippen molar-refractivity contribution in [3.63, 3.8) is 0 Å². The fraction of sp³-hybridized carbons (Fsp3) is 0.231. The fourth-order valence-electron chi connectivity index (χ4n) is 1.62. The van der Waals surface area contributed by atoms with E-state index in [9.17, 15) is 4.79 Å². The van der Waals surface area contributed by atoms with Gasteiger partial charge in [-0.15, -0.1) is 0 Å². The monoisotopic (exact) mass is 264 g/mol. The highest BCUT2D eigenvalue weighted by Crippen LogP contribution is 2.22. The molecule has 0 aliphatic heterocycles. The normalized spacial score (nSPS) is 10.6. The van der Waals surface area contributed by atoms with Crippen molar-refractivity contribution in [2.75, 3.05) is 13.2 Å². The summed E-state index contributed by atoms with van der Waals surface area (Å²) in [5.74, 6) is -0.281. The van der Waals surface area contributed by atoms with E-state index in [4.69, 9.17) is 16.7 Å². The number of hydrogen-bond acceptors (Lipinski definition) is 3. The van der Waals surface area contributed by atoms with Crippen LogP contribution in [0.2, 0.25) is 5.02 Å². The molecule has 1 aromatic heterocycles. The number of rotatable bonds is 4. The van der Waals surface area contributed by atoms with Crippen LogP contribution in [0, 0.1) is 0 Å². The van der Waals surface area contributed by atoms with Crippen LogP contribution >= 0.6 is 11.6 Å². The van der Waals surface area contributed by atoms with Crippen molar-refractivity contribution in [1.29, 1.82) is 0 Å². The Labute approximate surface area is 110 Å². The number of carbonyl (C=O) groups excluding carboxylic acids is 1. The summed E-state index contributed by atoms with van der Waals surface area (Å²) < 4.78 is 0. The van der Waals surface area contributed by atoms with E-state index < -0.39 is 0 Å². The van der Waals surface area contributed by atoms with Crippen LogP contribution in [-0.4, -0.2) is 29.1 Å². The van der Waals surface area contributed by atoms with Gasteiger partial charge >= 0.3 is 0 Å². The van der Waals surface area contributed by atoms with Crippen molar-refractivity contribution in [2.24, 2.45) is 0 Å². The van der Waals surface area contributed by atoms with Crippen LogP contribution in [0.4, 0.5) is 0 Å². The van der Waals surface area contributed by atoms with Gasteiger partial charge in [0, 0.05) is 18.5 Å². The quantitative estimate of drug-likeness (QED) is 0.831. The maximum atomic E-state index is 11.8. The summed E-state index contributed by atoms with van der Waals surface area (Å²) in [5, 5.41) is 12.7. The third-order valence-electron chi connectivity index (χ3n) is 2.52. The molecule has 1 aromatic carbocycles. The molecule has 0 radical (unpaired) electrons. The van der Waals surface area contributed by atoms with Gasteiger partial charge in [-0.25, -0.2) is 4.98 Å². The molecular weight excluding hydrogens is 252 g/mol. The third-order valence-corrected chi connectivity index (χ3v) is 2.83. The molecule has 2 rings (SSSR count). The molecule has 0 saturated heterocycles. The largest absolute Gasteiger partial charge is 0.396 e. The molecule has 0 unspecified atom stereocenters. The van der Waals surface area contributed by atoms with Crippen LogP contribution in [0.5, 0.6) is 0 Å². The summed E-state index contributed by atoms with van der Waals surface area (Å²) in [5.41, 5.74) is 0.981. The Hall–Kier alpha value is -1.65. The number of para-hydroxylation sites is 1. The minimum absolute atomic E-state index is 0.0478. The average Bonchev–Trinajstić information content (AvgIpc) is 2.39. The molecule has 1 amide bonds. The molecular formula is C13H13ClN2O2. The number of fused-ring (bicyclic) bond motifs is 1. The zero-order chi connectivity index (χ0) is 13.0. The highest BCUT2D eigenvalue weighted by atomic mass is 35.5. The summed E-state index contributed by atoms with van der Waals surface area (Å²) in [6.07, 6.45) is 0.521. The molecule has 5 heteroatoms. The Morgan fingerprint density at radius 1 is 1.39 bits per heavy atom. The predicted octanol–water partition coefficient (Wildman–Crippen LogP) is 2.00. The van der Waals surface area contributed by atoms with Crippen molar-refractivity contribution in [1.82, 2.24) is 10.3 Å². The van der Waals surface area contributed by atoms with E-state index in [0.717, 1.165) is 5.39 Å². The second-order valence-electron chi connectivity index (χ2n) is 3.84. The van der Waals surface area contributed by atoms with Gasteiger partial charge in [-0.3, -0.25) is 4.79 Å². The maximum Gasteiger partial charge on any atom is 0.269 e. The molecule has 0 aliphatic rings. The minimum atomic E-state index is -0.281. The second-order valence-corrected chi connectivity index (χ2v) is 4.25. The first-order chi connectivity index (χ1) is 8.72. The lowest BCUT2D eigenvalue weighted by Crippen LogP contribution is -2.25. The van der Waals surface area contributed by atoms with Crippen LogP contribution in [-0.2, 0) is 0 Å². The van der Waals surface area contributed by atoms with Crippen molar-refractivity contribution >= 4 is 28.4 Å². The van der Waals surface area contributed by atoms with Gasteiger partial charge in [0.15, 0.2) is 0 Å². The first-order valence-electron chi connectivity index (χ1n) is 5.66. The highest BCUT2D eigenvalue weighted by molar-refractivity contribution is 6.35. The molecule has 0 bridgehead atoms. The van der Waals surface area contributed by atoms with Gasteiger partial charge in [-0.2, -0.15) is 0 Å². The first-order valence-corrected chi connectivity index (χ1v) is 6.04. The Bertz CT molecular complexity index is 572. The van der Waals surface area contributed by atoms with E-state index >= 15 is 0 Å². The number of aromatic nitrogens is 1. The number of benzene rings is 1. The van der Waals surface area contributed by atoms with E-state index in [1.807, 2.05) is 24.3 Å². The van der Waals surface area contributed by atoms with E-state index in [2.05, 4.69) is 10.3 Å². The van der Waals surface area contributed by atoms with E-state index in [1.54, 1.807) is 6.07 Å². The van der Waals surface area contributed by atoms with Gasteiger partial charge in [0.05, 0.1) is 10.5 Å². The summed E-state index contributed by atoms with van der Waals surface area (Å²) in [7, 11) is 0. The number of aliphatic hydroxyl groups is 1. The summed E-state index contributed by atoms with van der Waals surface area (Å²) >= 11 is 6.11. The lowest BCUT2D eigenvalue weighted by atomic mass is 10.2. The average molecular weight is 265 g/mol. The molecule has 0 saturated carbocycles. The second kappa shape index (κ2) is 5.80. The number of amides is 1. The predicted molar refractivity (Wildman–Crippen MR) is 70.8 cm³/mol. The molecule has 0 aliphatic carbocycles. The molecule has 0 spiro atoms. The Kier molecular flexibility index (Phi) is 4.12. The molecule has 2 aromatic rings. The standard InChI is InChI=1S/C13H13ClN2O2/c14-10-8-12(13(18)15-6-3-7-17)16-11-5-2-1-4-9(10)11/h1-2,4-5,8,17H,3,6-7H2,(H,15,18). The number of carbonyl (C=O) groups is 1. The lowest BCUT2D eigenvalue weighted by Gasteiger charge is -2.06. The number of hydrogen-bond donors (Lipinski definition) is 2. The number of pyridine rings is 1. The number of nitrogens with zero attached hydrogens (tertiary/aromatic N) is 1. The zero-order valence-electron chi connectivity index (χ0n) is 9.69. The van der Waals surface area contributed by atoms with E-state index in [-0.39, 0.29) is 18.2 Å². The van der Waals surface area contributed by atoms with Gasteiger partial charge in [-0.1, -0.05) is 29.8 Å². The molecule has 1 heterocycles. The molecule has 18 heavy (non-hydrogen) atoms. The van der Waals surface area contributed by atoms with Crippen LogP contribution in [0.15, 0.2) is 30.3 Å². The van der Waals surface area contributed by atoms with Crippen LogP contribution < -0.4 is 5.32 Å². The van der Waals surface area contributed by atoms with Crippen molar-refractivity contribution < 1.29 is 9.90 Å². The van der Waals surface area contributed by atoms with Gasteiger partial charge < -0.3 is 10.4 Å². The van der Waals surface area contributed by atoms with Gasteiger partial charge in [0.1, 0.15) is 5.69 Å². The van der Waals surface area contributed by atoms with Crippen molar-refractivity contribution in [2.45, 2.75) is 6.42 Å². The van der Waals surface area contributed by atoms with Crippen molar-refractivity contribution in [3.05, 3.63) is 41.0 Å².